The van der Waals surface area contributed by atoms with Crippen molar-refractivity contribution in [2.45, 2.75) is 44.9 Å². The van der Waals surface area contributed by atoms with Crippen LogP contribution in [0, 0.1) is 11.3 Å². The largest absolute Gasteiger partial charge is 0.350 e. The Balaban J connectivity index is 1.58. The van der Waals surface area contributed by atoms with Crippen LogP contribution in [0.15, 0.2) is 12.3 Å². The summed E-state index contributed by atoms with van der Waals surface area (Å²) in [6, 6.07) is 0. The molecule has 3 aliphatic rings. The molecule has 0 saturated heterocycles. The average Bonchev–Trinajstić information content (AvgIpc) is 3.31. The highest BCUT2D eigenvalue weighted by Crippen LogP contribution is 2.72. The van der Waals surface area contributed by atoms with Crippen LogP contribution in [0.5, 0.6) is 0 Å². The second-order valence-electron chi connectivity index (χ2n) is 6.34. The Morgan fingerprint density at radius 2 is 2.16 bits per heavy atom. The molecule has 1 N–H and O–H groups in total. The quantitative estimate of drug-likeness (QED) is 0.834. The number of hydrogen-bond acceptors (Lipinski definition) is 3. The summed E-state index contributed by atoms with van der Waals surface area (Å²) >= 11 is 1.78. The average molecular weight is 273 g/mol. The lowest BCUT2D eigenvalue weighted by molar-refractivity contribution is 0.112. The molecule has 0 aliphatic heterocycles. The van der Waals surface area contributed by atoms with Crippen molar-refractivity contribution < 1.29 is 4.79 Å². The van der Waals surface area contributed by atoms with E-state index in [4.69, 9.17) is 0 Å². The molecule has 3 aliphatic carbocycles. The Kier molecular flexibility index (Phi) is 2.44. The van der Waals surface area contributed by atoms with Crippen LogP contribution in [-0.2, 0) is 12.8 Å². The van der Waals surface area contributed by atoms with Crippen LogP contribution in [0.3, 0.4) is 0 Å². The fourth-order valence-electron chi connectivity index (χ4n) is 3.59. The Bertz CT molecular complexity index is 568. The minimum absolute atomic E-state index is 0.627. The summed E-state index contributed by atoms with van der Waals surface area (Å²) in [5.41, 5.74) is 3.98. The van der Waals surface area contributed by atoms with Gasteiger partial charge in [-0.05, 0) is 55.9 Å². The molecule has 0 bridgehead atoms. The Morgan fingerprint density at radius 3 is 2.84 bits per heavy atom. The first kappa shape index (κ1) is 11.7. The van der Waals surface area contributed by atoms with Gasteiger partial charge in [0.1, 0.15) is 5.00 Å². The first-order valence-electron chi connectivity index (χ1n) is 7.29. The zero-order chi connectivity index (χ0) is 13.0. The lowest BCUT2D eigenvalue weighted by atomic mass is 9.96. The maximum absolute atomic E-state index is 11.4. The minimum Gasteiger partial charge on any atom is -0.350 e. The van der Waals surface area contributed by atoms with Crippen LogP contribution in [-0.4, -0.2) is 6.29 Å². The number of carbonyl (C=O) groups is 1. The molecular formula is C16H19NOS. The van der Waals surface area contributed by atoms with Crippen molar-refractivity contribution in [1.29, 1.82) is 0 Å². The number of thiophene rings is 1. The van der Waals surface area contributed by atoms with E-state index in [1.807, 2.05) is 0 Å². The lowest BCUT2D eigenvalue weighted by Gasteiger charge is -2.10. The number of allylic oxidation sites excluding steroid dienone is 1. The first-order chi connectivity index (χ1) is 9.23. The number of hydrogen-bond donors (Lipinski definition) is 1. The molecule has 0 amide bonds. The minimum atomic E-state index is 0.627. The van der Waals surface area contributed by atoms with Crippen molar-refractivity contribution in [3.8, 4) is 0 Å². The molecule has 1 aromatic rings. The molecule has 3 heteroatoms. The zero-order valence-electron chi connectivity index (χ0n) is 11.1. The van der Waals surface area contributed by atoms with Gasteiger partial charge >= 0.3 is 0 Å². The lowest BCUT2D eigenvalue weighted by Crippen LogP contribution is -2.04. The molecule has 19 heavy (non-hydrogen) atoms. The van der Waals surface area contributed by atoms with Gasteiger partial charge in [0.15, 0.2) is 6.29 Å². The van der Waals surface area contributed by atoms with Crippen LogP contribution >= 0.6 is 11.3 Å². The van der Waals surface area contributed by atoms with E-state index in [1.54, 1.807) is 11.3 Å². The number of fused-ring (bicyclic) bond motifs is 1. The van der Waals surface area contributed by atoms with Crippen LogP contribution in [0.2, 0.25) is 0 Å². The summed E-state index contributed by atoms with van der Waals surface area (Å²) in [6.07, 6.45) is 9.79. The third-order valence-electron chi connectivity index (χ3n) is 5.11. The summed E-state index contributed by atoms with van der Waals surface area (Å²) in [7, 11) is 0. The van der Waals surface area contributed by atoms with Gasteiger partial charge in [-0.15, -0.1) is 11.3 Å². The number of aldehydes is 1. The highest BCUT2D eigenvalue weighted by molar-refractivity contribution is 7.16. The van der Waals surface area contributed by atoms with Gasteiger partial charge in [-0.3, -0.25) is 4.79 Å². The number of anilines is 1. The molecule has 0 radical (unpaired) electrons. The Hall–Kier alpha value is -1.09. The molecule has 1 unspecified atom stereocenters. The number of rotatable bonds is 4. The van der Waals surface area contributed by atoms with Gasteiger partial charge in [0.25, 0.3) is 0 Å². The van der Waals surface area contributed by atoms with E-state index < -0.39 is 0 Å². The molecule has 2 nitrogen and oxygen atoms in total. The van der Waals surface area contributed by atoms with E-state index in [9.17, 15) is 4.79 Å². The maximum atomic E-state index is 11.4. The maximum Gasteiger partial charge on any atom is 0.153 e. The van der Waals surface area contributed by atoms with Gasteiger partial charge in [-0.2, -0.15) is 0 Å². The summed E-state index contributed by atoms with van der Waals surface area (Å²) in [5, 5.41) is 4.52. The van der Waals surface area contributed by atoms with Crippen LogP contribution in [0.4, 0.5) is 5.00 Å². The molecule has 2 saturated carbocycles. The van der Waals surface area contributed by atoms with E-state index in [0.717, 1.165) is 35.4 Å². The van der Waals surface area contributed by atoms with Crippen molar-refractivity contribution in [2.75, 3.05) is 5.32 Å². The highest BCUT2D eigenvalue weighted by Gasteiger charge is 2.63. The zero-order valence-corrected chi connectivity index (χ0v) is 11.9. The van der Waals surface area contributed by atoms with Crippen LogP contribution < -0.4 is 5.32 Å². The number of nitrogens with one attached hydrogen (secondary N) is 1. The van der Waals surface area contributed by atoms with Crippen molar-refractivity contribution in [1.82, 2.24) is 0 Å². The molecule has 100 valence electrons. The third kappa shape index (κ3) is 1.78. The molecule has 4 rings (SSSR count). The number of aryl methyl sites for hydroxylation is 1. The summed E-state index contributed by atoms with van der Waals surface area (Å²) < 4.78 is 0. The van der Waals surface area contributed by atoms with Crippen LogP contribution in [0.1, 0.15) is 52.9 Å². The third-order valence-corrected chi connectivity index (χ3v) is 6.33. The Labute approximate surface area is 117 Å². The Morgan fingerprint density at radius 1 is 1.37 bits per heavy atom. The molecule has 2 fully saturated rings. The standard InChI is InChI=1S/C16H19NOS/c1-10(13-8-16(13)6-7-16)17-15-12(9-18)11-4-2-3-5-14(11)19-15/h9,13,17H,1-8H2. The van der Waals surface area contributed by atoms with Gasteiger partial charge in [0.2, 0.25) is 0 Å². The van der Waals surface area contributed by atoms with Gasteiger partial charge in [-0.1, -0.05) is 6.58 Å². The normalized spacial score (nSPS) is 25.8. The van der Waals surface area contributed by atoms with E-state index in [2.05, 4.69) is 11.9 Å². The fourth-order valence-corrected chi connectivity index (χ4v) is 4.89. The fraction of sp³-hybridized carbons (Fsp3) is 0.562. The summed E-state index contributed by atoms with van der Waals surface area (Å²) in [4.78, 5) is 12.8. The highest BCUT2D eigenvalue weighted by atomic mass is 32.1. The predicted molar refractivity (Wildman–Crippen MR) is 78.9 cm³/mol. The summed E-state index contributed by atoms with van der Waals surface area (Å²) in [6.45, 7) is 4.21. The second-order valence-corrected chi connectivity index (χ2v) is 7.45. The van der Waals surface area contributed by atoms with Crippen molar-refractivity contribution in [2.24, 2.45) is 11.3 Å². The smallest absolute Gasteiger partial charge is 0.153 e. The monoisotopic (exact) mass is 273 g/mol. The van der Waals surface area contributed by atoms with Gasteiger partial charge in [-0.25, -0.2) is 0 Å². The van der Waals surface area contributed by atoms with Gasteiger partial charge < -0.3 is 5.32 Å². The first-order valence-corrected chi connectivity index (χ1v) is 8.11. The van der Waals surface area contributed by atoms with Gasteiger partial charge in [0.05, 0.1) is 5.56 Å². The van der Waals surface area contributed by atoms with E-state index >= 15 is 0 Å². The molecular weight excluding hydrogens is 254 g/mol. The molecule has 1 heterocycles. The second kappa shape index (κ2) is 3.95. The van der Waals surface area contributed by atoms with E-state index in [1.165, 1.54) is 42.5 Å². The van der Waals surface area contributed by atoms with Gasteiger partial charge in [0, 0.05) is 16.5 Å². The summed E-state index contributed by atoms with van der Waals surface area (Å²) in [5.74, 6) is 0.658. The SMILES string of the molecule is C=C(Nc1sc2c(c1C=O)CCCC2)C1CC12CC2. The van der Waals surface area contributed by atoms with Crippen molar-refractivity contribution >= 4 is 22.6 Å². The predicted octanol–water partition coefficient (Wildman–Crippen LogP) is 4.17. The molecule has 1 atom stereocenters. The molecule has 0 aromatic carbocycles. The van der Waals surface area contributed by atoms with Crippen LogP contribution in [0.25, 0.3) is 0 Å². The molecule has 1 aromatic heterocycles. The number of carbonyl (C=O) groups excluding carboxylic acids is 1. The topological polar surface area (TPSA) is 29.1 Å². The molecule has 1 spiro atoms. The van der Waals surface area contributed by atoms with E-state index in [0.29, 0.717) is 11.3 Å². The van der Waals surface area contributed by atoms with Crippen molar-refractivity contribution in [3.05, 3.63) is 28.3 Å². The van der Waals surface area contributed by atoms with Crippen molar-refractivity contribution in [3.63, 3.8) is 0 Å². The van der Waals surface area contributed by atoms with E-state index in [-0.39, 0.29) is 0 Å².